The summed E-state index contributed by atoms with van der Waals surface area (Å²) in [4.78, 5) is 11.3. The van der Waals surface area contributed by atoms with Crippen molar-refractivity contribution in [1.82, 2.24) is 0 Å². The van der Waals surface area contributed by atoms with E-state index in [9.17, 15) is 4.79 Å². The summed E-state index contributed by atoms with van der Waals surface area (Å²) in [7, 11) is 0. The van der Waals surface area contributed by atoms with Crippen LogP contribution in [0.2, 0.25) is 0 Å². The van der Waals surface area contributed by atoms with Crippen molar-refractivity contribution in [3.63, 3.8) is 0 Å². The normalized spacial score (nSPS) is 21.8. The second-order valence-corrected chi connectivity index (χ2v) is 4.58. The number of anilines is 1. The number of nitrogens with two attached hydrogens (primary N) is 1. The molecule has 0 spiro atoms. The Bertz CT molecular complexity index is 435. The molecule has 0 bridgehead atoms. The first-order valence-corrected chi connectivity index (χ1v) is 5.40. The molecule has 78 valence electrons. The van der Waals surface area contributed by atoms with Crippen molar-refractivity contribution in [2.75, 3.05) is 5.32 Å². The van der Waals surface area contributed by atoms with Gasteiger partial charge >= 0.3 is 0 Å². The Morgan fingerprint density at radius 3 is 2.80 bits per heavy atom. The monoisotopic (exact) mass is 202 g/mol. The first-order chi connectivity index (χ1) is 7.17. The van der Waals surface area contributed by atoms with E-state index in [0.29, 0.717) is 6.42 Å². The lowest BCUT2D eigenvalue weighted by Crippen LogP contribution is -2.22. The maximum absolute atomic E-state index is 11.3. The average molecular weight is 202 g/mol. The van der Waals surface area contributed by atoms with Crippen LogP contribution in [0.3, 0.4) is 0 Å². The van der Waals surface area contributed by atoms with Gasteiger partial charge in [0.2, 0.25) is 5.91 Å². The fraction of sp³-hybridized carbons (Fsp3) is 0.417. The minimum absolute atomic E-state index is 0.113. The molecule has 3 N–H and O–H groups in total. The Kier molecular flexibility index (Phi) is 1.68. The molecule has 1 aromatic rings. The summed E-state index contributed by atoms with van der Waals surface area (Å²) >= 11 is 0. The van der Waals surface area contributed by atoms with Gasteiger partial charge in [-0.25, -0.2) is 0 Å². The molecule has 0 radical (unpaired) electrons. The van der Waals surface area contributed by atoms with Crippen LogP contribution < -0.4 is 11.1 Å². The highest BCUT2D eigenvalue weighted by molar-refractivity contribution is 5.94. The molecule has 3 nitrogen and oxygen atoms in total. The Morgan fingerprint density at radius 1 is 1.27 bits per heavy atom. The molecular weight excluding hydrogens is 188 g/mol. The zero-order valence-electron chi connectivity index (χ0n) is 8.55. The second kappa shape index (κ2) is 2.83. The number of amides is 1. The number of hydrogen-bond acceptors (Lipinski definition) is 2. The maximum Gasteiger partial charge on any atom is 0.224 e. The van der Waals surface area contributed by atoms with Crippen molar-refractivity contribution in [3.8, 4) is 0 Å². The minimum atomic E-state index is -0.114. The van der Waals surface area contributed by atoms with Crippen LogP contribution in [0.4, 0.5) is 5.69 Å². The summed E-state index contributed by atoms with van der Waals surface area (Å²) in [5.74, 6) is 0.113. The predicted molar refractivity (Wildman–Crippen MR) is 58.5 cm³/mol. The number of rotatable bonds is 1. The van der Waals surface area contributed by atoms with E-state index >= 15 is 0 Å². The quantitative estimate of drug-likeness (QED) is 0.725. The van der Waals surface area contributed by atoms with Gasteiger partial charge in [-0.05, 0) is 36.5 Å². The Labute approximate surface area is 88.7 Å². The van der Waals surface area contributed by atoms with Gasteiger partial charge in [0.1, 0.15) is 0 Å². The van der Waals surface area contributed by atoms with Gasteiger partial charge in [0.25, 0.3) is 0 Å². The van der Waals surface area contributed by atoms with E-state index in [1.807, 2.05) is 6.07 Å². The lowest BCUT2D eigenvalue weighted by Gasteiger charge is -2.19. The summed E-state index contributed by atoms with van der Waals surface area (Å²) in [6.45, 7) is 0. The van der Waals surface area contributed by atoms with Crippen molar-refractivity contribution in [3.05, 3.63) is 29.3 Å². The van der Waals surface area contributed by atoms with E-state index < -0.39 is 0 Å². The van der Waals surface area contributed by atoms with Crippen LogP contribution in [0, 0.1) is 0 Å². The van der Waals surface area contributed by atoms with Crippen molar-refractivity contribution in [1.29, 1.82) is 0 Å². The third kappa shape index (κ3) is 1.43. The maximum atomic E-state index is 11.3. The van der Waals surface area contributed by atoms with Crippen molar-refractivity contribution < 1.29 is 4.79 Å². The first kappa shape index (κ1) is 8.92. The van der Waals surface area contributed by atoms with Gasteiger partial charge in [-0.2, -0.15) is 0 Å². The van der Waals surface area contributed by atoms with E-state index in [1.165, 1.54) is 5.56 Å². The molecule has 3 rings (SSSR count). The summed E-state index contributed by atoms with van der Waals surface area (Å²) in [5, 5.41) is 2.91. The SMILES string of the molecule is NC1(c2ccc3c(c2)NC(=O)CC3)CC1. The lowest BCUT2D eigenvalue weighted by molar-refractivity contribution is -0.116. The van der Waals surface area contributed by atoms with Gasteiger partial charge in [0.05, 0.1) is 0 Å². The minimum Gasteiger partial charge on any atom is -0.326 e. The predicted octanol–water partition coefficient (Wildman–Crippen LogP) is 1.52. The van der Waals surface area contributed by atoms with Gasteiger partial charge in [0, 0.05) is 17.6 Å². The number of aryl methyl sites for hydroxylation is 1. The molecule has 1 fully saturated rings. The first-order valence-electron chi connectivity index (χ1n) is 5.40. The topological polar surface area (TPSA) is 55.1 Å². The molecule has 1 aliphatic heterocycles. The van der Waals surface area contributed by atoms with Gasteiger partial charge in [-0.1, -0.05) is 12.1 Å². The zero-order chi connectivity index (χ0) is 10.5. The summed E-state index contributed by atoms with van der Waals surface area (Å²) < 4.78 is 0. The molecule has 1 amide bonds. The standard InChI is InChI=1S/C12H14N2O/c13-12(5-6-12)9-3-1-8-2-4-11(15)14-10(8)7-9/h1,3,7H,2,4-6,13H2,(H,14,15). The molecule has 3 heteroatoms. The van der Waals surface area contributed by atoms with E-state index in [2.05, 4.69) is 17.4 Å². The van der Waals surface area contributed by atoms with E-state index in [4.69, 9.17) is 5.73 Å². The largest absolute Gasteiger partial charge is 0.326 e. The molecule has 1 aromatic carbocycles. The number of nitrogens with one attached hydrogen (secondary N) is 1. The number of benzene rings is 1. The third-order valence-electron chi connectivity index (χ3n) is 3.37. The highest BCUT2D eigenvalue weighted by Gasteiger charge is 2.40. The van der Waals surface area contributed by atoms with Crippen LogP contribution in [0.5, 0.6) is 0 Å². The molecule has 2 aliphatic rings. The Hall–Kier alpha value is -1.35. The van der Waals surface area contributed by atoms with Crippen molar-refractivity contribution in [2.24, 2.45) is 5.73 Å². The number of carbonyl (C=O) groups is 1. The molecule has 0 saturated heterocycles. The third-order valence-corrected chi connectivity index (χ3v) is 3.37. The van der Waals surface area contributed by atoms with Crippen LogP contribution in [0.25, 0.3) is 0 Å². The second-order valence-electron chi connectivity index (χ2n) is 4.58. The molecule has 15 heavy (non-hydrogen) atoms. The molecule has 1 heterocycles. The molecule has 0 aromatic heterocycles. The van der Waals surface area contributed by atoms with Gasteiger partial charge in [-0.15, -0.1) is 0 Å². The molecular formula is C12H14N2O. The Morgan fingerprint density at radius 2 is 2.07 bits per heavy atom. The molecule has 0 atom stereocenters. The van der Waals surface area contributed by atoms with Crippen LogP contribution in [-0.2, 0) is 16.8 Å². The number of hydrogen-bond donors (Lipinski definition) is 2. The Balaban J connectivity index is 2.01. The fourth-order valence-electron chi connectivity index (χ4n) is 2.10. The highest BCUT2D eigenvalue weighted by atomic mass is 16.1. The van der Waals surface area contributed by atoms with Crippen molar-refractivity contribution >= 4 is 11.6 Å². The summed E-state index contributed by atoms with van der Waals surface area (Å²) in [6, 6.07) is 6.24. The van der Waals surface area contributed by atoms with Crippen LogP contribution >= 0.6 is 0 Å². The van der Waals surface area contributed by atoms with Crippen LogP contribution in [0.1, 0.15) is 30.4 Å². The summed E-state index contributed by atoms with van der Waals surface area (Å²) in [5.41, 5.74) is 9.35. The number of carbonyl (C=O) groups excluding carboxylic acids is 1. The van der Waals surface area contributed by atoms with Crippen LogP contribution in [0.15, 0.2) is 18.2 Å². The van der Waals surface area contributed by atoms with Gasteiger partial charge in [-0.3, -0.25) is 4.79 Å². The lowest BCUT2D eigenvalue weighted by atomic mass is 9.97. The zero-order valence-corrected chi connectivity index (χ0v) is 8.55. The van der Waals surface area contributed by atoms with E-state index in [-0.39, 0.29) is 11.4 Å². The summed E-state index contributed by atoms with van der Waals surface area (Å²) in [6.07, 6.45) is 3.55. The molecule has 1 aliphatic carbocycles. The molecule has 0 unspecified atom stereocenters. The van der Waals surface area contributed by atoms with Gasteiger partial charge < -0.3 is 11.1 Å². The van der Waals surface area contributed by atoms with Crippen molar-refractivity contribution in [2.45, 2.75) is 31.2 Å². The average Bonchev–Trinajstić information content (AvgIpc) is 2.97. The molecule has 1 saturated carbocycles. The number of fused-ring (bicyclic) bond motifs is 1. The van der Waals surface area contributed by atoms with Gasteiger partial charge in [0.15, 0.2) is 0 Å². The van der Waals surface area contributed by atoms with E-state index in [0.717, 1.165) is 30.5 Å². The van der Waals surface area contributed by atoms with E-state index in [1.54, 1.807) is 0 Å². The van der Waals surface area contributed by atoms with Crippen LogP contribution in [-0.4, -0.2) is 5.91 Å². The highest BCUT2D eigenvalue weighted by Crippen LogP contribution is 2.43. The smallest absolute Gasteiger partial charge is 0.224 e. The fourth-order valence-corrected chi connectivity index (χ4v) is 2.10.